The van der Waals surface area contributed by atoms with E-state index in [0.29, 0.717) is 17.7 Å². The van der Waals surface area contributed by atoms with Crippen LogP contribution in [0.4, 0.5) is 13.2 Å². The molecule has 0 unspecified atom stereocenters. The van der Waals surface area contributed by atoms with Crippen LogP contribution in [0.25, 0.3) is 0 Å². The Balaban J connectivity index is 2.07. The molecule has 0 atom stereocenters. The van der Waals surface area contributed by atoms with Crippen LogP contribution in [0.1, 0.15) is 27.6 Å². The molecule has 0 aliphatic rings. The molecule has 1 amide bonds. The van der Waals surface area contributed by atoms with Crippen molar-refractivity contribution in [2.24, 2.45) is 0 Å². The average molecular weight is 325 g/mol. The van der Waals surface area contributed by atoms with E-state index in [2.05, 4.69) is 21.2 Å². The van der Waals surface area contributed by atoms with E-state index in [9.17, 15) is 18.0 Å². The summed E-state index contributed by atoms with van der Waals surface area (Å²) in [6, 6.07) is 6.47. The van der Waals surface area contributed by atoms with Crippen LogP contribution in [0, 0.1) is 0 Å². The first-order valence-electron chi connectivity index (χ1n) is 6.66. The van der Waals surface area contributed by atoms with Crippen LogP contribution in [0.3, 0.4) is 0 Å². The summed E-state index contributed by atoms with van der Waals surface area (Å²) in [4.78, 5) is 16.8. The highest BCUT2D eigenvalue weighted by Gasteiger charge is 2.38. The lowest BCUT2D eigenvalue weighted by Crippen LogP contribution is -2.26. The normalized spacial score (nSPS) is 11.3. The summed E-state index contributed by atoms with van der Waals surface area (Å²) in [5.41, 5.74) is 1.14. The van der Waals surface area contributed by atoms with Gasteiger partial charge in [0.15, 0.2) is 5.82 Å². The zero-order chi connectivity index (χ0) is 17.0. The van der Waals surface area contributed by atoms with Crippen LogP contribution >= 0.6 is 0 Å². The summed E-state index contributed by atoms with van der Waals surface area (Å²) >= 11 is 0. The maximum Gasteiger partial charge on any atom is 0.471 e. The Hall–Kier alpha value is -2.64. The zero-order valence-electron chi connectivity index (χ0n) is 12.3. The molecular weight excluding hydrogens is 311 g/mol. The van der Waals surface area contributed by atoms with Gasteiger partial charge in [-0.25, -0.2) is 0 Å². The molecule has 2 aromatic rings. The van der Waals surface area contributed by atoms with Crippen molar-refractivity contribution in [1.82, 2.24) is 15.0 Å². The quantitative estimate of drug-likeness (QED) is 0.793. The fourth-order valence-corrected chi connectivity index (χ4v) is 1.89. The Kier molecular flexibility index (Phi) is 4.83. The van der Waals surface area contributed by atoms with Crippen molar-refractivity contribution < 1.29 is 22.5 Å². The van der Waals surface area contributed by atoms with E-state index in [-0.39, 0.29) is 18.2 Å². The number of carbonyl (C=O) groups excluding carboxylic acids is 1. The molecule has 0 aliphatic carbocycles. The highest BCUT2D eigenvalue weighted by molar-refractivity contribution is 5.94. The third-order valence-corrected chi connectivity index (χ3v) is 3.02. The molecule has 0 saturated heterocycles. The summed E-state index contributed by atoms with van der Waals surface area (Å²) in [6.45, 7) is 3.98. The first-order chi connectivity index (χ1) is 10.8. The molecule has 1 heterocycles. The minimum Gasteiger partial charge on any atom is -0.338 e. The molecule has 1 aromatic carbocycles. The maximum absolute atomic E-state index is 12.4. The van der Waals surface area contributed by atoms with Gasteiger partial charge in [0.2, 0.25) is 0 Å². The van der Waals surface area contributed by atoms with E-state index in [1.54, 1.807) is 37.4 Å². The minimum absolute atomic E-state index is 0.0693. The highest BCUT2D eigenvalue weighted by atomic mass is 19.4. The number of likely N-dealkylation sites (N-methyl/N-ethyl adjacent to an activating group) is 1. The molecule has 0 aliphatic heterocycles. The molecule has 0 N–H and O–H groups in total. The number of halogens is 3. The van der Waals surface area contributed by atoms with Gasteiger partial charge >= 0.3 is 12.1 Å². The zero-order valence-corrected chi connectivity index (χ0v) is 12.3. The van der Waals surface area contributed by atoms with E-state index < -0.39 is 12.1 Å². The third kappa shape index (κ3) is 4.18. The van der Waals surface area contributed by atoms with E-state index >= 15 is 0 Å². The van der Waals surface area contributed by atoms with E-state index in [0.717, 1.165) is 0 Å². The number of aromatic nitrogens is 2. The number of hydrogen-bond donors (Lipinski definition) is 0. The lowest BCUT2D eigenvalue weighted by molar-refractivity contribution is -0.159. The number of alkyl halides is 3. The van der Waals surface area contributed by atoms with Gasteiger partial charge in [0, 0.05) is 25.6 Å². The summed E-state index contributed by atoms with van der Waals surface area (Å²) < 4.78 is 41.3. The Labute approximate surface area is 130 Å². The molecule has 2 rings (SSSR count). The van der Waals surface area contributed by atoms with Crippen LogP contribution in [0.2, 0.25) is 0 Å². The van der Waals surface area contributed by atoms with Crippen molar-refractivity contribution in [3.8, 4) is 0 Å². The van der Waals surface area contributed by atoms with E-state index in [1.807, 2.05) is 0 Å². The Morgan fingerprint density at radius 2 is 2.00 bits per heavy atom. The molecule has 5 nitrogen and oxygen atoms in total. The summed E-state index contributed by atoms with van der Waals surface area (Å²) in [5, 5.41) is 3.30. The van der Waals surface area contributed by atoms with Gasteiger partial charge in [0.1, 0.15) is 0 Å². The highest BCUT2D eigenvalue weighted by Crippen LogP contribution is 2.27. The lowest BCUT2D eigenvalue weighted by atomic mass is 10.1. The first-order valence-corrected chi connectivity index (χ1v) is 6.66. The van der Waals surface area contributed by atoms with Gasteiger partial charge < -0.3 is 9.42 Å². The maximum atomic E-state index is 12.4. The smallest absolute Gasteiger partial charge is 0.338 e. The van der Waals surface area contributed by atoms with Crippen molar-refractivity contribution in [3.63, 3.8) is 0 Å². The second-order valence-corrected chi connectivity index (χ2v) is 4.86. The van der Waals surface area contributed by atoms with Crippen molar-refractivity contribution in [2.45, 2.75) is 12.6 Å². The van der Waals surface area contributed by atoms with Gasteiger partial charge in [0.25, 0.3) is 5.91 Å². The van der Waals surface area contributed by atoms with Crippen LogP contribution in [0.5, 0.6) is 0 Å². The van der Waals surface area contributed by atoms with Crippen molar-refractivity contribution in [2.75, 3.05) is 13.6 Å². The SMILES string of the molecule is C=CCN(C)C(=O)c1ccc(Cc2noc(C(F)(F)F)n2)cc1. The lowest BCUT2D eigenvalue weighted by Gasteiger charge is -2.14. The second-order valence-electron chi connectivity index (χ2n) is 4.86. The van der Waals surface area contributed by atoms with Crippen LogP contribution in [-0.4, -0.2) is 34.5 Å². The molecule has 0 bridgehead atoms. The van der Waals surface area contributed by atoms with Crippen LogP contribution in [-0.2, 0) is 12.6 Å². The molecule has 1 aromatic heterocycles. The number of hydrogen-bond acceptors (Lipinski definition) is 4. The fraction of sp³-hybridized carbons (Fsp3) is 0.267. The van der Waals surface area contributed by atoms with Crippen molar-refractivity contribution in [3.05, 3.63) is 59.8 Å². The van der Waals surface area contributed by atoms with Gasteiger partial charge in [-0.3, -0.25) is 4.79 Å². The molecule has 0 spiro atoms. The average Bonchev–Trinajstić information content (AvgIpc) is 2.96. The standard InChI is InChI=1S/C15H14F3N3O2/c1-3-8-21(2)13(22)11-6-4-10(5-7-11)9-12-19-14(23-20-12)15(16,17)18/h3-7H,1,8-9H2,2H3. The van der Waals surface area contributed by atoms with Gasteiger partial charge in [-0.05, 0) is 17.7 Å². The van der Waals surface area contributed by atoms with Crippen molar-refractivity contribution in [1.29, 1.82) is 0 Å². The molecule has 0 radical (unpaired) electrons. The third-order valence-electron chi connectivity index (χ3n) is 3.02. The molecule has 23 heavy (non-hydrogen) atoms. The number of rotatable bonds is 5. The Morgan fingerprint density at radius 1 is 1.35 bits per heavy atom. The fourth-order valence-electron chi connectivity index (χ4n) is 1.89. The number of benzene rings is 1. The predicted octanol–water partition coefficient (Wildman–Crippen LogP) is 2.94. The number of nitrogens with zero attached hydrogens (tertiary/aromatic N) is 3. The molecule has 8 heteroatoms. The van der Waals surface area contributed by atoms with E-state index in [1.165, 1.54) is 4.90 Å². The topological polar surface area (TPSA) is 59.2 Å². The summed E-state index contributed by atoms with van der Waals surface area (Å²) in [7, 11) is 1.65. The van der Waals surface area contributed by atoms with Gasteiger partial charge in [-0.15, -0.1) is 6.58 Å². The summed E-state index contributed by atoms with van der Waals surface area (Å²) in [6.07, 6.45) is -2.96. The van der Waals surface area contributed by atoms with Gasteiger partial charge in [-0.1, -0.05) is 23.4 Å². The monoisotopic (exact) mass is 325 g/mol. The Bertz CT molecular complexity index is 693. The minimum atomic E-state index is -4.66. The number of amides is 1. The Morgan fingerprint density at radius 3 is 2.52 bits per heavy atom. The first kappa shape index (κ1) is 16.7. The summed E-state index contributed by atoms with van der Waals surface area (Å²) in [5.74, 6) is -1.61. The molecule has 122 valence electrons. The number of carbonyl (C=O) groups is 1. The molecule has 0 saturated carbocycles. The van der Waals surface area contributed by atoms with Crippen LogP contribution in [0.15, 0.2) is 41.4 Å². The van der Waals surface area contributed by atoms with Crippen LogP contribution < -0.4 is 0 Å². The van der Waals surface area contributed by atoms with E-state index in [4.69, 9.17) is 0 Å². The van der Waals surface area contributed by atoms with Gasteiger partial charge in [0.05, 0.1) is 0 Å². The van der Waals surface area contributed by atoms with Gasteiger partial charge in [-0.2, -0.15) is 18.2 Å². The second kappa shape index (κ2) is 6.64. The largest absolute Gasteiger partial charge is 0.471 e. The molecule has 0 fully saturated rings. The predicted molar refractivity (Wildman–Crippen MR) is 75.7 cm³/mol. The molecular formula is C15H14F3N3O2. The van der Waals surface area contributed by atoms with Crippen molar-refractivity contribution >= 4 is 5.91 Å².